The third kappa shape index (κ3) is 2.82. The molecule has 3 rings (SSSR count). The lowest BCUT2D eigenvalue weighted by atomic mass is 9.73. The van der Waals surface area contributed by atoms with Crippen LogP contribution in [0.25, 0.3) is 12.2 Å². The van der Waals surface area contributed by atoms with Crippen molar-refractivity contribution in [3.63, 3.8) is 0 Å². The minimum atomic E-state index is 1.11. The molecule has 0 heteroatoms. The zero-order valence-corrected chi connectivity index (χ0v) is 13.3. The molecule has 0 N–H and O–H groups in total. The van der Waals surface area contributed by atoms with Crippen molar-refractivity contribution in [1.82, 2.24) is 0 Å². The van der Waals surface area contributed by atoms with E-state index in [9.17, 15) is 0 Å². The van der Waals surface area contributed by atoms with Crippen molar-refractivity contribution in [1.29, 1.82) is 0 Å². The second kappa shape index (κ2) is 6.62. The van der Waals surface area contributed by atoms with E-state index in [1.165, 1.54) is 33.4 Å². The van der Waals surface area contributed by atoms with Crippen molar-refractivity contribution in [2.45, 2.75) is 26.7 Å². The first-order chi connectivity index (χ1) is 10.8. The fourth-order valence-corrected chi connectivity index (χ4v) is 3.16. The minimum Gasteiger partial charge on any atom is -0.0622 e. The van der Waals surface area contributed by atoms with Gasteiger partial charge in [0.05, 0.1) is 0 Å². The smallest absolute Gasteiger partial charge is 0.0140 e. The van der Waals surface area contributed by atoms with Crippen molar-refractivity contribution in [3.8, 4) is 0 Å². The van der Waals surface area contributed by atoms with Crippen molar-refractivity contribution < 1.29 is 0 Å². The minimum absolute atomic E-state index is 1.11. The van der Waals surface area contributed by atoms with Crippen LogP contribution in [0.5, 0.6) is 0 Å². The molecule has 0 nitrogen and oxygen atoms in total. The average molecular weight is 286 g/mol. The molecule has 22 heavy (non-hydrogen) atoms. The molecule has 0 atom stereocenters. The third-order valence-corrected chi connectivity index (χ3v) is 4.23. The molecule has 0 bridgehead atoms. The lowest BCUT2D eigenvalue weighted by Crippen LogP contribution is -2.12. The Morgan fingerprint density at radius 1 is 0.591 bits per heavy atom. The maximum atomic E-state index is 2.33. The Hall–Kier alpha value is -2.34. The first-order valence-corrected chi connectivity index (χ1v) is 8.10. The molecule has 2 aromatic carbocycles. The maximum Gasteiger partial charge on any atom is -0.0140 e. The largest absolute Gasteiger partial charge is 0.0622 e. The number of hydrogen-bond donors (Lipinski definition) is 0. The topological polar surface area (TPSA) is 0 Å². The van der Waals surface area contributed by atoms with Gasteiger partial charge in [-0.05, 0) is 58.4 Å². The molecule has 0 fully saturated rings. The van der Waals surface area contributed by atoms with Gasteiger partial charge in [0.1, 0.15) is 0 Å². The van der Waals surface area contributed by atoms with Gasteiger partial charge >= 0.3 is 0 Å². The van der Waals surface area contributed by atoms with E-state index in [1.807, 2.05) is 0 Å². The molecular formula is C22H22. The Bertz CT molecular complexity index is 663. The van der Waals surface area contributed by atoms with Crippen LogP contribution in [0.15, 0.2) is 83.0 Å². The van der Waals surface area contributed by atoms with Crippen LogP contribution < -0.4 is 0 Å². The van der Waals surface area contributed by atoms with Crippen LogP contribution in [0.4, 0.5) is 0 Å². The van der Waals surface area contributed by atoms with Crippen molar-refractivity contribution in [2.75, 3.05) is 0 Å². The molecule has 0 amide bonds. The van der Waals surface area contributed by atoms with E-state index >= 15 is 0 Å². The highest BCUT2D eigenvalue weighted by molar-refractivity contribution is 5.84. The molecule has 2 aromatic rings. The van der Waals surface area contributed by atoms with Gasteiger partial charge < -0.3 is 0 Å². The van der Waals surface area contributed by atoms with Gasteiger partial charge in [-0.2, -0.15) is 0 Å². The number of rotatable bonds is 4. The van der Waals surface area contributed by atoms with Gasteiger partial charge in [-0.25, -0.2) is 0 Å². The normalized spacial score (nSPS) is 17.9. The summed E-state index contributed by atoms with van der Waals surface area (Å²) in [6.07, 6.45) is 6.86. The zero-order valence-electron chi connectivity index (χ0n) is 13.3. The first-order valence-electron chi connectivity index (χ1n) is 8.10. The molecule has 0 radical (unpaired) electrons. The Morgan fingerprint density at radius 3 is 1.27 bits per heavy atom. The Kier molecular flexibility index (Phi) is 4.39. The number of allylic oxidation sites excluding steroid dienone is 4. The molecule has 1 aliphatic rings. The number of benzene rings is 2. The first kappa shape index (κ1) is 14.6. The highest BCUT2D eigenvalue weighted by Gasteiger charge is 2.26. The van der Waals surface area contributed by atoms with E-state index in [4.69, 9.17) is 0 Å². The van der Waals surface area contributed by atoms with E-state index in [0.717, 1.165) is 12.8 Å². The molecule has 0 aliphatic heterocycles. The summed E-state index contributed by atoms with van der Waals surface area (Å²) in [7, 11) is 0. The van der Waals surface area contributed by atoms with Crippen molar-refractivity contribution >= 4 is 12.2 Å². The lowest BCUT2D eigenvalue weighted by molar-refractivity contribution is 0.962. The average Bonchev–Trinajstić information content (AvgIpc) is 2.57. The summed E-state index contributed by atoms with van der Waals surface area (Å²) in [5.74, 6) is 0. The fraction of sp³-hybridized carbons (Fsp3) is 0.182. The molecular weight excluding hydrogens is 264 g/mol. The van der Waals surface area contributed by atoms with Crippen LogP contribution in [0.1, 0.15) is 37.8 Å². The predicted octanol–water partition coefficient (Wildman–Crippen LogP) is 6.28. The van der Waals surface area contributed by atoms with Crippen molar-refractivity contribution in [3.05, 3.63) is 94.1 Å². The summed E-state index contributed by atoms with van der Waals surface area (Å²) in [5, 5.41) is 0. The van der Waals surface area contributed by atoms with Gasteiger partial charge in [-0.3, -0.25) is 0 Å². The summed E-state index contributed by atoms with van der Waals surface area (Å²) in [6.45, 7) is 4.51. The lowest BCUT2D eigenvalue weighted by Gasteiger charge is -2.30. The van der Waals surface area contributed by atoms with Gasteiger partial charge in [0, 0.05) is 0 Å². The highest BCUT2D eigenvalue weighted by atomic mass is 14.3. The van der Waals surface area contributed by atoms with Crippen LogP contribution in [0.2, 0.25) is 0 Å². The van der Waals surface area contributed by atoms with Gasteiger partial charge in [0.15, 0.2) is 0 Å². The summed E-state index contributed by atoms with van der Waals surface area (Å²) in [6, 6.07) is 21.2. The molecule has 0 saturated carbocycles. The standard InChI is InChI=1S/C22H22/c1-3-19-20(4-2)22(16-18-13-9-6-10-14-18)21(19)15-17-11-7-5-8-12-17/h5-16H,3-4H2,1-2H3/b21-15+,22-16+. The highest BCUT2D eigenvalue weighted by Crippen LogP contribution is 2.45. The van der Waals surface area contributed by atoms with E-state index in [1.54, 1.807) is 0 Å². The molecule has 0 saturated heterocycles. The maximum absolute atomic E-state index is 2.33. The van der Waals surface area contributed by atoms with Crippen molar-refractivity contribution in [2.24, 2.45) is 0 Å². The summed E-state index contributed by atoms with van der Waals surface area (Å²) < 4.78 is 0. The summed E-state index contributed by atoms with van der Waals surface area (Å²) in [4.78, 5) is 0. The SMILES string of the molecule is CCC1=C(CC)C(=C\c2ccccc2)/C1=C/c1ccccc1. The Labute approximate surface area is 133 Å². The molecule has 0 aromatic heterocycles. The van der Waals surface area contributed by atoms with Crippen LogP contribution in [-0.2, 0) is 0 Å². The predicted molar refractivity (Wildman–Crippen MR) is 96.4 cm³/mol. The fourth-order valence-electron chi connectivity index (χ4n) is 3.16. The molecule has 0 unspecified atom stereocenters. The Balaban J connectivity index is 2.05. The summed E-state index contributed by atoms with van der Waals surface area (Å²) in [5.41, 5.74) is 8.42. The Morgan fingerprint density at radius 2 is 0.955 bits per heavy atom. The van der Waals surface area contributed by atoms with E-state index in [0.29, 0.717) is 0 Å². The van der Waals surface area contributed by atoms with E-state index in [-0.39, 0.29) is 0 Å². The number of hydrogen-bond acceptors (Lipinski definition) is 0. The summed E-state index contributed by atoms with van der Waals surface area (Å²) >= 11 is 0. The quantitative estimate of drug-likeness (QED) is 0.620. The van der Waals surface area contributed by atoms with Gasteiger partial charge in [0.2, 0.25) is 0 Å². The zero-order chi connectivity index (χ0) is 15.4. The van der Waals surface area contributed by atoms with E-state index in [2.05, 4.69) is 86.7 Å². The van der Waals surface area contributed by atoms with Crippen LogP contribution >= 0.6 is 0 Å². The van der Waals surface area contributed by atoms with Crippen LogP contribution in [0.3, 0.4) is 0 Å². The van der Waals surface area contributed by atoms with E-state index < -0.39 is 0 Å². The molecule has 0 heterocycles. The van der Waals surface area contributed by atoms with Gasteiger partial charge in [-0.15, -0.1) is 0 Å². The second-order valence-electron chi connectivity index (χ2n) is 5.60. The van der Waals surface area contributed by atoms with Crippen LogP contribution in [0, 0.1) is 0 Å². The molecule has 0 spiro atoms. The molecule has 1 aliphatic carbocycles. The van der Waals surface area contributed by atoms with Crippen LogP contribution in [-0.4, -0.2) is 0 Å². The second-order valence-corrected chi connectivity index (χ2v) is 5.60. The van der Waals surface area contributed by atoms with Gasteiger partial charge in [0.25, 0.3) is 0 Å². The third-order valence-electron chi connectivity index (χ3n) is 4.23. The van der Waals surface area contributed by atoms with Gasteiger partial charge in [-0.1, -0.05) is 74.5 Å². The molecule has 110 valence electrons. The monoisotopic (exact) mass is 286 g/mol.